The topological polar surface area (TPSA) is 81.0 Å². The molecule has 1 aliphatic carbocycles. The molecule has 0 aliphatic heterocycles. The molecule has 0 spiro atoms. The maximum absolute atomic E-state index is 10.8. The van der Waals surface area contributed by atoms with E-state index in [1.165, 1.54) is 30.2 Å². The lowest BCUT2D eigenvalue weighted by molar-refractivity contribution is -0.384. The van der Waals surface area contributed by atoms with Gasteiger partial charge in [0.25, 0.3) is 5.69 Å². The predicted octanol–water partition coefficient (Wildman–Crippen LogP) is 3.87. The number of benzene rings is 1. The monoisotopic (exact) mass is 322 g/mol. The molecule has 0 radical (unpaired) electrons. The Hall–Kier alpha value is -1.67. The van der Waals surface area contributed by atoms with Gasteiger partial charge in [-0.1, -0.05) is 35.2 Å². The van der Waals surface area contributed by atoms with E-state index < -0.39 is 0 Å². The number of hydrogen-bond acceptors (Lipinski definition) is 7. The second-order valence-electron chi connectivity index (χ2n) is 4.90. The average molecular weight is 322 g/mol. The van der Waals surface area contributed by atoms with Gasteiger partial charge in [-0.05, 0) is 25.3 Å². The fraction of sp³-hybridized carbons (Fsp3) is 0.385. The molecular formula is C13H14N4O2S2. The number of anilines is 1. The van der Waals surface area contributed by atoms with Gasteiger partial charge in [-0.25, -0.2) is 0 Å². The van der Waals surface area contributed by atoms with Crippen LogP contribution in [0, 0.1) is 10.1 Å². The Balaban J connectivity index is 1.67. The molecule has 1 unspecified atom stereocenters. The molecule has 2 aromatic rings. The Kier molecular flexibility index (Phi) is 4.07. The highest BCUT2D eigenvalue weighted by molar-refractivity contribution is 8.01. The lowest BCUT2D eigenvalue weighted by Gasteiger charge is -2.08. The Labute approximate surface area is 130 Å². The molecule has 0 bridgehead atoms. The molecule has 1 atom stereocenters. The Bertz CT molecular complexity index is 657. The van der Waals surface area contributed by atoms with E-state index in [1.807, 2.05) is 13.0 Å². The summed E-state index contributed by atoms with van der Waals surface area (Å²) in [5, 5.41) is 23.3. The maximum Gasteiger partial charge on any atom is 0.269 e. The van der Waals surface area contributed by atoms with Crippen molar-refractivity contribution in [3.63, 3.8) is 0 Å². The van der Waals surface area contributed by atoms with Crippen LogP contribution in [0.15, 0.2) is 28.6 Å². The average Bonchev–Trinajstić information content (AvgIpc) is 3.18. The molecule has 1 aliphatic rings. The SMILES string of the molecule is CC(Sc1nnc(NC2CC2)s1)c1cccc([N+](=O)[O-])c1. The number of nitrogens with one attached hydrogen (secondary N) is 1. The number of nitro groups is 1. The number of thioether (sulfide) groups is 1. The van der Waals surface area contributed by atoms with Crippen molar-refractivity contribution in [2.45, 2.75) is 35.4 Å². The summed E-state index contributed by atoms with van der Waals surface area (Å²) in [4.78, 5) is 10.4. The van der Waals surface area contributed by atoms with Crippen LogP contribution in [0.4, 0.5) is 10.8 Å². The molecule has 0 saturated heterocycles. The first-order valence-electron chi connectivity index (χ1n) is 6.63. The van der Waals surface area contributed by atoms with Gasteiger partial charge in [-0.15, -0.1) is 10.2 Å². The van der Waals surface area contributed by atoms with Gasteiger partial charge in [0.2, 0.25) is 5.13 Å². The van der Waals surface area contributed by atoms with Gasteiger partial charge in [0.1, 0.15) is 0 Å². The van der Waals surface area contributed by atoms with Gasteiger partial charge < -0.3 is 5.32 Å². The van der Waals surface area contributed by atoms with E-state index in [2.05, 4.69) is 15.5 Å². The summed E-state index contributed by atoms with van der Waals surface area (Å²) >= 11 is 3.10. The second-order valence-corrected chi connectivity index (χ2v) is 7.47. The van der Waals surface area contributed by atoms with E-state index in [-0.39, 0.29) is 15.9 Å². The van der Waals surface area contributed by atoms with Crippen molar-refractivity contribution in [2.75, 3.05) is 5.32 Å². The van der Waals surface area contributed by atoms with Gasteiger partial charge in [0.15, 0.2) is 4.34 Å². The van der Waals surface area contributed by atoms with Crippen molar-refractivity contribution in [1.82, 2.24) is 10.2 Å². The van der Waals surface area contributed by atoms with E-state index in [0.29, 0.717) is 6.04 Å². The zero-order valence-electron chi connectivity index (χ0n) is 11.4. The summed E-state index contributed by atoms with van der Waals surface area (Å²) in [6.07, 6.45) is 2.40. The fourth-order valence-electron chi connectivity index (χ4n) is 1.83. The van der Waals surface area contributed by atoms with Crippen molar-refractivity contribution in [2.24, 2.45) is 0 Å². The van der Waals surface area contributed by atoms with Crippen LogP contribution in [0.2, 0.25) is 0 Å². The molecule has 1 fully saturated rings. The molecule has 1 heterocycles. The van der Waals surface area contributed by atoms with Crippen molar-refractivity contribution < 1.29 is 4.92 Å². The summed E-state index contributed by atoms with van der Waals surface area (Å²) in [6.45, 7) is 2.01. The molecule has 0 amide bonds. The van der Waals surface area contributed by atoms with Crippen molar-refractivity contribution in [1.29, 1.82) is 0 Å². The summed E-state index contributed by atoms with van der Waals surface area (Å²) in [5.41, 5.74) is 1.04. The van der Waals surface area contributed by atoms with Crippen LogP contribution >= 0.6 is 23.1 Å². The molecule has 21 heavy (non-hydrogen) atoms. The highest BCUT2D eigenvalue weighted by Gasteiger charge is 2.23. The van der Waals surface area contributed by atoms with Crippen LogP contribution in [-0.4, -0.2) is 21.2 Å². The van der Waals surface area contributed by atoms with Crippen LogP contribution in [0.25, 0.3) is 0 Å². The maximum atomic E-state index is 10.8. The second kappa shape index (κ2) is 5.98. The third-order valence-corrected chi connectivity index (χ3v) is 5.24. The lowest BCUT2D eigenvalue weighted by Crippen LogP contribution is -1.99. The first kappa shape index (κ1) is 14.3. The number of nitro benzene ring substituents is 1. The van der Waals surface area contributed by atoms with Crippen molar-refractivity contribution in [3.05, 3.63) is 39.9 Å². The Morgan fingerprint density at radius 2 is 2.29 bits per heavy atom. The van der Waals surface area contributed by atoms with Crippen LogP contribution in [0.3, 0.4) is 0 Å². The van der Waals surface area contributed by atoms with Crippen LogP contribution in [0.5, 0.6) is 0 Å². The lowest BCUT2D eigenvalue weighted by atomic mass is 10.1. The van der Waals surface area contributed by atoms with Gasteiger partial charge in [-0.2, -0.15) is 0 Å². The van der Waals surface area contributed by atoms with E-state index in [1.54, 1.807) is 23.9 Å². The molecule has 1 aromatic carbocycles. The number of rotatable bonds is 6. The molecule has 6 nitrogen and oxygen atoms in total. The number of aromatic nitrogens is 2. The smallest absolute Gasteiger partial charge is 0.269 e. The molecule has 1 N–H and O–H groups in total. The normalized spacial score (nSPS) is 15.7. The minimum Gasteiger partial charge on any atom is -0.357 e. The van der Waals surface area contributed by atoms with E-state index in [0.717, 1.165) is 15.0 Å². The van der Waals surface area contributed by atoms with E-state index in [4.69, 9.17) is 0 Å². The molecule has 1 saturated carbocycles. The van der Waals surface area contributed by atoms with Gasteiger partial charge >= 0.3 is 0 Å². The summed E-state index contributed by atoms with van der Waals surface area (Å²) in [7, 11) is 0. The Morgan fingerprint density at radius 1 is 1.48 bits per heavy atom. The largest absolute Gasteiger partial charge is 0.357 e. The van der Waals surface area contributed by atoms with Gasteiger partial charge in [0, 0.05) is 23.4 Å². The van der Waals surface area contributed by atoms with Crippen LogP contribution in [0.1, 0.15) is 30.6 Å². The summed E-state index contributed by atoms with van der Waals surface area (Å²) < 4.78 is 0.872. The van der Waals surface area contributed by atoms with E-state index >= 15 is 0 Å². The summed E-state index contributed by atoms with van der Waals surface area (Å²) in [6, 6.07) is 7.29. The standard InChI is InChI=1S/C13H14N4O2S2/c1-8(9-3-2-4-11(7-9)17(18)19)20-13-16-15-12(21-13)14-10-5-6-10/h2-4,7-8,10H,5-6H2,1H3,(H,14,15). The minimum atomic E-state index is -0.372. The third-order valence-electron chi connectivity index (χ3n) is 3.14. The minimum absolute atomic E-state index is 0.0895. The summed E-state index contributed by atoms with van der Waals surface area (Å²) in [5.74, 6) is 0. The first-order chi connectivity index (χ1) is 10.1. The van der Waals surface area contributed by atoms with Crippen molar-refractivity contribution in [3.8, 4) is 0 Å². The quantitative estimate of drug-likeness (QED) is 0.494. The highest BCUT2D eigenvalue weighted by atomic mass is 32.2. The van der Waals surface area contributed by atoms with Crippen molar-refractivity contribution >= 4 is 33.9 Å². The van der Waals surface area contributed by atoms with Crippen LogP contribution < -0.4 is 5.32 Å². The zero-order chi connectivity index (χ0) is 14.8. The Morgan fingerprint density at radius 3 is 3.00 bits per heavy atom. The number of non-ortho nitro benzene ring substituents is 1. The van der Waals surface area contributed by atoms with Crippen LogP contribution in [-0.2, 0) is 0 Å². The first-order valence-corrected chi connectivity index (χ1v) is 8.32. The molecule has 1 aromatic heterocycles. The predicted molar refractivity (Wildman–Crippen MR) is 83.9 cm³/mol. The van der Waals surface area contributed by atoms with E-state index in [9.17, 15) is 10.1 Å². The molecule has 8 heteroatoms. The zero-order valence-corrected chi connectivity index (χ0v) is 13.0. The van der Waals surface area contributed by atoms with Gasteiger partial charge in [-0.3, -0.25) is 10.1 Å². The van der Waals surface area contributed by atoms with Gasteiger partial charge in [0.05, 0.1) is 4.92 Å². The fourth-order valence-corrected chi connectivity index (χ4v) is 3.92. The number of hydrogen-bond donors (Lipinski definition) is 1. The molecular weight excluding hydrogens is 308 g/mol. The number of nitrogens with zero attached hydrogens (tertiary/aromatic N) is 3. The third kappa shape index (κ3) is 3.70. The highest BCUT2D eigenvalue weighted by Crippen LogP contribution is 2.38. The molecule has 3 rings (SSSR count). The molecule has 110 valence electrons.